The number of nitrogens with zero attached hydrogens (tertiary/aromatic N) is 2. The Labute approximate surface area is 153 Å². The van der Waals surface area contributed by atoms with Gasteiger partial charge in [0, 0.05) is 17.1 Å². The van der Waals surface area contributed by atoms with E-state index in [9.17, 15) is 4.79 Å². The van der Waals surface area contributed by atoms with Crippen molar-refractivity contribution in [3.63, 3.8) is 0 Å². The molecule has 3 aromatic rings. The average molecular weight is 376 g/mol. The van der Waals surface area contributed by atoms with Crippen LogP contribution in [0, 0.1) is 0 Å². The fourth-order valence-corrected chi connectivity index (χ4v) is 2.97. The molecule has 1 aromatic carbocycles. The van der Waals surface area contributed by atoms with Gasteiger partial charge in [-0.1, -0.05) is 11.6 Å². The van der Waals surface area contributed by atoms with Crippen molar-refractivity contribution < 1.29 is 14.3 Å². The van der Waals surface area contributed by atoms with Gasteiger partial charge < -0.3 is 9.47 Å². The fourth-order valence-electron chi connectivity index (χ4n) is 2.14. The minimum atomic E-state index is -0.294. The number of thiazole rings is 1. The van der Waals surface area contributed by atoms with Gasteiger partial charge in [-0.15, -0.1) is 11.3 Å². The molecule has 0 radical (unpaired) electrons. The number of hydrogen-bond donors (Lipinski definition) is 1. The molecule has 1 N–H and O–H groups in total. The number of benzene rings is 1. The summed E-state index contributed by atoms with van der Waals surface area (Å²) in [6, 6.07) is 8.69. The third-order valence-electron chi connectivity index (χ3n) is 3.39. The second-order valence-electron chi connectivity index (χ2n) is 4.93. The van der Waals surface area contributed by atoms with E-state index >= 15 is 0 Å². The second kappa shape index (κ2) is 7.50. The van der Waals surface area contributed by atoms with E-state index in [-0.39, 0.29) is 5.91 Å². The molecule has 0 atom stereocenters. The molecule has 1 amide bonds. The third kappa shape index (κ3) is 3.89. The molecule has 3 rings (SSSR count). The molecule has 0 saturated carbocycles. The van der Waals surface area contributed by atoms with E-state index in [1.165, 1.54) is 17.5 Å². The van der Waals surface area contributed by atoms with Gasteiger partial charge in [0.05, 0.1) is 25.5 Å². The summed E-state index contributed by atoms with van der Waals surface area (Å²) < 4.78 is 10.5. The average Bonchev–Trinajstić information content (AvgIpc) is 3.10. The highest BCUT2D eigenvalue weighted by molar-refractivity contribution is 7.14. The minimum Gasteiger partial charge on any atom is -0.493 e. The Hall–Kier alpha value is -2.64. The lowest BCUT2D eigenvalue weighted by molar-refractivity contribution is 0.102. The Bertz CT molecular complexity index is 896. The van der Waals surface area contributed by atoms with Gasteiger partial charge >= 0.3 is 0 Å². The summed E-state index contributed by atoms with van der Waals surface area (Å²) in [4.78, 5) is 20.5. The summed E-state index contributed by atoms with van der Waals surface area (Å²) in [6.45, 7) is 0. The lowest BCUT2D eigenvalue weighted by Gasteiger charge is -2.08. The molecule has 0 fully saturated rings. The number of anilines is 1. The van der Waals surface area contributed by atoms with Gasteiger partial charge in [0.2, 0.25) is 0 Å². The number of hydrogen-bond acceptors (Lipinski definition) is 6. The Morgan fingerprint density at radius 1 is 1.16 bits per heavy atom. The molecule has 6 nitrogen and oxygen atoms in total. The smallest absolute Gasteiger partial charge is 0.259 e. The quantitative estimate of drug-likeness (QED) is 0.679. The summed E-state index contributed by atoms with van der Waals surface area (Å²) in [6.07, 6.45) is 1.42. The number of carbonyl (C=O) groups is 1. The van der Waals surface area contributed by atoms with E-state index in [1.54, 1.807) is 26.4 Å². The van der Waals surface area contributed by atoms with Gasteiger partial charge in [0.1, 0.15) is 5.15 Å². The van der Waals surface area contributed by atoms with Crippen LogP contribution in [0.3, 0.4) is 0 Å². The molecule has 2 heterocycles. The van der Waals surface area contributed by atoms with Crippen LogP contribution in [-0.4, -0.2) is 30.1 Å². The highest BCUT2D eigenvalue weighted by Gasteiger charge is 2.12. The van der Waals surface area contributed by atoms with E-state index in [0.717, 1.165) is 11.3 Å². The topological polar surface area (TPSA) is 73.3 Å². The van der Waals surface area contributed by atoms with Gasteiger partial charge in [0.25, 0.3) is 5.91 Å². The summed E-state index contributed by atoms with van der Waals surface area (Å²) >= 11 is 7.05. The summed E-state index contributed by atoms with van der Waals surface area (Å²) in [5, 5.41) is 5.43. The molecular formula is C17H14ClN3O3S. The van der Waals surface area contributed by atoms with Crippen molar-refractivity contribution in [2.24, 2.45) is 0 Å². The van der Waals surface area contributed by atoms with E-state index in [4.69, 9.17) is 21.1 Å². The molecule has 0 spiro atoms. The molecule has 8 heteroatoms. The van der Waals surface area contributed by atoms with Crippen molar-refractivity contribution in [3.05, 3.63) is 52.6 Å². The standard InChI is InChI=1S/C17H14ClN3O3S/c1-23-13-5-3-10(7-14(13)24-2)12-9-25-17(20-12)21-16(22)11-4-6-15(18)19-8-11/h3-9H,1-2H3,(H,20,21,22). The predicted octanol–water partition coefficient (Wildman–Crippen LogP) is 4.13. The first-order chi connectivity index (χ1) is 12.1. The van der Waals surface area contributed by atoms with Crippen LogP contribution < -0.4 is 14.8 Å². The number of pyridine rings is 1. The van der Waals surface area contributed by atoms with E-state index in [1.807, 2.05) is 23.6 Å². The van der Waals surface area contributed by atoms with Crippen molar-refractivity contribution in [3.8, 4) is 22.8 Å². The monoisotopic (exact) mass is 375 g/mol. The maximum absolute atomic E-state index is 12.2. The van der Waals surface area contributed by atoms with Gasteiger partial charge in [0.15, 0.2) is 16.6 Å². The minimum absolute atomic E-state index is 0.294. The lowest BCUT2D eigenvalue weighted by Crippen LogP contribution is -2.11. The van der Waals surface area contributed by atoms with Crippen LogP contribution in [0.4, 0.5) is 5.13 Å². The Morgan fingerprint density at radius 3 is 2.64 bits per heavy atom. The Kier molecular flexibility index (Phi) is 5.16. The maximum atomic E-state index is 12.2. The molecule has 0 unspecified atom stereocenters. The van der Waals surface area contributed by atoms with E-state index in [2.05, 4.69) is 15.3 Å². The van der Waals surface area contributed by atoms with Crippen LogP contribution in [0.2, 0.25) is 5.15 Å². The SMILES string of the molecule is COc1ccc(-c2csc(NC(=O)c3ccc(Cl)nc3)n2)cc1OC. The molecule has 128 valence electrons. The van der Waals surface area contributed by atoms with Crippen molar-refractivity contribution in [2.45, 2.75) is 0 Å². The highest BCUT2D eigenvalue weighted by Crippen LogP contribution is 2.33. The number of aromatic nitrogens is 2. The van der Waals surface area contributed by atoms with Crippen LogP contribution in [0.1, 0.15) is 10.4 Å². The van der Waals surface area contributed by atoms with E-state index in [0.29, 0.717) is 27.3 Å². The predicted molar refractivity (Wildman–Crippen MR) is 97.9 cm³/mol. The van der Waals surface area contributed by atoms with Gasteiger partial charge in [-0.2, -0.15) is 0 Å². The van der Waals surface area contributed by atoms with Crippen LogP contribution in [-0.2, 0) is 0 Å². The van der Waals surface area contributed by atoms with Crippen molar-refractivity contribution >= 4 is 34.0 Å². The summed E-state index contributed by atoms with van der Waals surface area (Å²) in [5.74, 6) is 0.966. The number of amides is 1. The van der Waals surface area contributed by atoms with Crippen LogP contribution in [0.15, 0.2) is 41.9 Å². The maximum Gasteiger partial charge on any atom is 0.259 e. The zero-order valence-electron chi connectivity index (χ0n) is 13.4. The number of methoxy groups -OCH3 is 2. The number of nitrogens with one attached hydrogen (secondary N) is 1. The summed E-state index contributed by atoms with van der Waals surface area (Å²) in [7, 11) is 3.16. The van der Waals surface area contributed by atoms with Crippen LogP contribution >= 0.6 is 22.9 Å². The number of ether oxygens (including phenoxy) is 2. The first-order valence-electron chi connectivity index (χ1n) is 7.21. The molecular weight excluding hydrogens is 362 g/mol. The molecule has 25 heavy (non-hydrogen) atoms. The fraction of sp³-hybridized carbons (Fsp3) is 0.118. The molecule has 0 aliphatic rings. The molecule has 2 aromatic heterocycles. The first-order valence-corrected chi connectivity index (χ1v) is 8.47. The third-order valence-corrected chi connectivity index (χ3v) is 4.37. The summed E-state index contributed by atoms with van der Waals surface area (Å²) in [5.41, 5.74) is 2.00. The second-order valence-corrected chi connectivity index (χ2v) is 6.18. The van der Waals surface area contributed by atoms with E-state index < -0.39 is 0 Å². The molecule has 0 aliphatic heterocycles. The van der Waals surface area contributed by atoms with Crippen molar-refractivity contribution in [1.29, 1.82) is 0 Å². The number of rotatable bonds is 5. The van der Waals surface area contributed by atoms with Gasteiger partial charge in [-0.05, 0) is 30.3 Å². The van der Waals surface area contributed by atoms with Gasteiger partial charge in [-0.25, -0.2) is 9.97 Å². The number of carbonyl (C=O) groups excluding carboxylic acids is 1. The molecule has 0 bridgehead atoms. The largest absolute Gasteiger partial charge is 0.493 e. The lowest BCUT2D eigenvalue weighted by atomic mass is 10.1. The molecule has 0 saturated heterocycles. The van der Waals surface area contributed by atoms with Gasteiger partial charge in [-0.3, -0.25) is 10.1 Å². The Morgan fingerprint density at radius 2 is 1.96 bits per heavy atom. The highest BCUT2D eigenvalue weighted by atomic mass is 35.5. The normalized spacial score (nSPS) is 10.4. The Balaban J connectivity index is 1.78. The zero-order chi connectivity index (χ0) is 17.8. The zero-order valence-corrected chi connectivity index (χ0v) is 15.0. The molecule has 0 aliphatic carbocycles. The number of halogens is 1. The van der Waals surface area contributed by atoms with Crippen LogP contribution in [0.25, 0.3) is 11.3 Å². The van der Waals surface area contributed by atoms with Crippen molar-refractivity contribution in [1.82, 2.24) is 9.97 Å². The van der Waals surface area contributed by atoms with Crippen LogP contribution in [0.5, 0.6) is 11.5 Å². The first kappa shape index (κ1) is 17.2. The van der Waals surface area contributed by atoms with Crippen molar-refractivity contribution in [2.75, 3.05) is 19.5 Å².